The van der Waals surface area contributed by atoms with Gasteiger partial charge in [-0.15, -0.1) is 0 Å². The van der Waals surface area contributed by atoms with E-state index in [0.29, 0.717) is 10.8 Å². The van der Waals surface area contributed by atoms with Crippen molar-refractivity contribution in [2.75, 3.05) is 0 Å². The summed E-state index contributed by atoms with van der Waals surface area (Å²) in [5.74, 6) is 11.5. The summed E-state index contributed by atoms with van der Waals surface area (Å²) in [6.07, 6.45) is 17.2. The van der Waals surface area contributed by atoms with Crippen LogP contribution in [0.3, 0.4) is 0 Å². The van der Waals surface area contributed by atoms with Crippen molar-refractivity contribution in [1.29, 1.82) is 0 Å². The summed E-state index contributed by atoms with van der Waals surface area (Å²) in [5.41, 5.74) is 1.34. The van der Waals surface area contributed by atoms with Crippen LogP contribution in [-0.4, -0.2) is 0 Å². The third kappa shape index (κ3) is 2.81. The Balaban J connectivity index is 1.28. The summed E-state index contributed by atoms with van der Waals surface area (Å²) in [6.45, 7) is 13.6. The summed E-state index contributed by atoms with van der Waals surface area (Å²) in [7, 11) is 0. The third-order valence-corrected chi connectivity index (χ3v) is 12.7. The number of hydrogen-bond acceptors (Lipinski definition) is 0. The van der Waals surface area contributed by atoms with Gasteiger partial charge in [0, 0.05) is 0 Å². The lowest BCUT2D eigenvalue weighted by atomic mass is 9.42. The first-order valence-corrected chi connectivity index (χ1v) is 13.8. The molecule has 0 amide bonds. The van der Waals surface area contributed by atoms with Crippen molar-refractivity contribution in [1.82, 2.24) is 0 Å². The zero-order chi connectivity index (χ0) is 20.1. The third-order valence-electron chi connectivity index (χ3n) is 12.7. The Morgan fingerprint density at radius 3 is 2.07 bits per heavy atom. The lowest BCUT2D eigenvalue weighted by molar-refractivity contribution is -0.143. The molecule has 11 unspecified atom stereocenters. The molecule has 6 rings (SSSR count). The Morgan fingerprint density at radius 2 is 1.38 bits per heavy atom. The fourth-order valence-electron chi connectivity index (χ4n) is 11.2. The summed E-state index contributed by atoms with van der Waals surface area (Å²) < 4.78 is 0. The van der Waals surface area contributed by atoms with E-state index in [0.717, 1.165) is 65.1 Å². The van der Waals surface area contributed by atoms with Gasteiger partial charge in [0.1, 0.15) is 0 Å². The highest BCUT2D eigenvalue weighted by Crippen LogP contribution is 2.71. The van der Waals surface area contributed by atoms with E-state index in [1.165, 1.54) is 12.8 Å². The number of rotatable bonds is 3. The van der Waals surface area contributed by atoms with Crippen molar-refractivity contribution in [3.63, 3.8) is 0 Å². The standard InChI is InChI=1S/C29H48/c1-17-14-23-24(28(4)12-10-22(16-25(17)28)21-8-9-21)11-13-29(5)26(23)15-18(2)27(29)19(3)20-6-7-20/h17-27H,6-16H2,1-5H3. The monoisotopic (exact) mass is 396 g/mol. The predicted octanol–water partition coefficient (Wildman–Crippen LogP) is 8.21. The molecule has 0 saturated heterocycles. The average molecular weight is 397 g/mol. The molecule has 6 aliphatic rings. The maximum Gasteiger partial charge on any atom is -0.0261 e. The van der Waals surface area contributed by atoms with Gasteiger partial charge >= 0.3 is 0 Å². The second kappa shape index (κ2) is 6.51. The Labute approximate surface area is 181 Å². The molecule has 0 bridgehead atoms. The van der Waals surface area contributed by atoms with Crippen LogP contribution in [0.1, 0.15) is 105 Å². The van der Waals surface area contributed by atoms with Crippen molar-refractivity contribution in [3.8, 4) is 0 Å². The van der Waals surface area contributed by atoms with Gasteiger partial charge in [-0.05, 0) is 147 Å². The molecule has 6 saturated carbocycles. The minimum Gasteiger partial charge on any atom is -0.0622 e. The molecule has 29 heavy (non-hydrogen) atoms. The maximum atomic E-state index is 2.79. The Bertz CT molecular complexity index is 642. The molecule has 0 nitrogen and oxygen atoms in total. The molecular formula is C29H48. The average Bonchev–Trinajstić information content (AvgIpc) is 3.57. The molecular weight excluding hydrogens is 348 g/mol. The van der Waals surface area contributed by atoms with Gasteiger partial charge in [0.15, 0.2) is 0 Å². The molecule has 0 heteroatoms. The van der Waals surface area contributed by atoms with Crippen LogP contribution in [0.5, 0.6) is 0 Å². The molecule has 0 radical (unpaired) electrons. The molecule has 0 aromatic heterocycles. The minimum atomic E-state index is 0.663. The van der Waals surface area contributed by atoms with Crippen LogP contribution in [0.4, 0.5) is 0 Å². The van der Waals surface area contributed by atoms with E-state index in [1.807, 2.05) is 0 Å². The lowest BCUT2D eigenvalue weighted by Gasteiger charge is -2.63. The second-order valence-corrected chi connectivity index (χ2v) is 14.1. The highest BCUT2D eigenvalue weighted by Gasteiger charge is 2.64. The van der Waals surface area contributed by atoms with Crippen molar-refractivity contribution >= 4 is 0 Å². The lowest BCUT2D eigenvalue weighted by Crippen LogP contribution is -2.56. The highest BCUT2D eigenvalue weighted by atomic mass is 14.7. The molecule has 6 aliphatic carbocycles. The van der Waals surface area contributed by atoms with E-state index >= 15 is 0 Å². The molecule has 164 valence electrons. The van der Waals surface area contributed by atoms with Crippen LogP contribution in [0.25, 0.3) is 0 Å². The zero-order valence-electron chi connectivity index (χ0n) is 20.1. The zero-order valence-corrected chi connectivity index (χ0v) is 20.1. The molecule has 0 aromatic carbocycles. The van der Waals surface area contributed by atoms with Crippen LogP contribution < -0.4 is 0 Å². The first-order valence-electron chi connectivity index (χ1n) is 13.8. The minimum absolute atomic E-state index is 0.663. The van der Waals surface area contributed by atoms with Gasteiger partial charge in [0.25, 0.3) is 0 Å². The fourth-order valence-corrected chi connectivity index (χ4v) is 11.2. The van der Waals surface area contributed by atoms with Gasteiger partial charge in [-0.2, -0.15) is 0 Å². The summed E-state index contributed by atoms with van der Waals surface area (Å²) >= 11 is 0. The summed E-state index contributed by atoms with van der Waals surface area (Å²) in [4.78, 5) is 0. The molecule has 0 aromatic rings. The van der Waals surface area contributed by atoms with Crippen molar-refractivity contribution < 1.29 is 0 Å². The van der Waals surface area contributed by atoms with Crippen molar-refractivity contribution in [3.05, 3.63) is 0 Å². The highest BCUT2D eigenvalue weighted by molar-refractivity contribution is 5.12. The molecule has 0 heterocycles. The van der Waals surface area contributed by atoms with Crippen LogP contribution in [0.2, 0.25) is 0 Å². The van der Waals surface area contributed by atoms with Crippen LogP contribution in [0, 0.1) is 75.9 Å². The van der Waals surface area contributed by atoms with Gasteiger partial charge in [-0.1, -0.05) is 34.6 Å². The maximum absolute atomic E-state index is 2.79. The van der Waals surface area contributed by atoms with Crippen molar-refractivity contribution in [2.24, 2.45) is 75.9 Å². The van der Waals surface area contributed by atoms with Crippen LogP contribution in [-0.2, 0) is 0 Å². The van der Waals surface area contributed by atoms with Crippen LogP contribution >= 0.6 is 0 Å². The number of fused-ring (bicyclic) bond motifs is 5. The topological polar surface area (TPSA) is 0 Å². The Hall–Kier alpha value is 0. The number of hydrogen-bond donors (Lipinski definition) is 0. The smallest absolute Gasteiger partial charge is 0.0261 e. The SMILES string of the molecule is CC1CC2C(CCC3(C)C2CC(C)C3C(C)C2CC2)C2(C)CCC(C3CC3)CC12. The first-order chi connectivity index (χ1) is 13.8. The fraction of sp³-hybridized carbons (Fsp3) is 1.00. The van der Waals surface area contributed by atoms with Gasteiger partial charge < -0.3 is 0 Å². The Kier molecular flexibility index (Phi) is 4.41. The van der Waals surface area contributed by atoms with E-state index in [9.17, 15) is 0 Å². The van der Waals surface area contributed by atoms with Gasteiger partial charge in [0.2, 0.25) is 0 Å². The van der Waals surface area contributed by atoms with Crippen molar-refractivity contribution in [2.45, 2.75) is 105 Å². The van der Waals surface area contributed by atoms with Gasteiger partial charge in [0.05, 0.1) is 0 Å². The molecule has 11 atom stereocenters. The quantitative estimate of drug-likeness (QED) is 0.451. The molecule has 6 fully saturated rings. The molecule has 0 aliphatic heterocycles. The largest absolute Gasteiger partial charge is 0.0622 e. The normalized spacial score (nSPS) is 58.2. The van der Waals surface area contributed by atoms with E-state index in [4.69, 9.17) is 0 Å². The summed E-state index contributed by atoms with van der Waals surface area (Å²) in [5, 5.41) is 0. The van der Waals surface area contributed by atoms with E-state index in [2.05, 4.69) is 34.6 Å². The molecule has 0 N–H and O–H groups in total. The van der Waals surface area contributed by atoms with Crippen LogP contribution in [0.15, 0.2) is 0 Å². The van der Waals surface area contributed by atoms with Gasteiger partial charge in [-0.25, -0.2) is 0 Å². The predicted molar refractivity (Wildman–Crippen MR) is 122 cm³/mol. The first kappa shape index (κ1) is 19.7. The van der Waals surface area contributed by atoms with E-state index in [-0.39, 0.29) is 0 Å². The van der Waals surface area contributed by atoms with E-state index in [1.54, 1.807) is 57.8 Å². The van der Waals surface area contributed by atoms with E-state index < -0.39 is 0 Å². The Morgan fingerprint density at radius 1 is 0.655 bits per heavy atom. The second-order valence-electron chi connectivity index (χ2n) is 14.1. The summed E-state index contributed by atoms with van der Waals surface area (Å²) in [6, 6.07) is 0. The molecule has 0 spiro atoms. The van der Waals surface area contributed by atoms with Gasteiger partial charge in [-0.3, -0.25) is 0 Å².